The average molecular weight is 1030 g/mol. The SMILES string of the molecule is CCCCCCCC(CCCCCCC)CCCCCC(=O)OCC1C2OC3(CN(C(=O)CCCN(CC)CC)CC45CCC(O4)C2C53)C1COC(=O)CCCCCC(CCCCCCC)CCCCCCC. The van der Waals surface area contributed by atoms with E-state index in [1.165, 1.54) is 180 Å². The van der Waals surface area contributed by atoms with Crippen molar-refractivity contribution in [1.29, 1.82) is 0 Å². The van der Waals surface area contributed by atoms with Gasteiger partial charge in [-0.05, 0) is 63.6 Å². The highest BCUT2D eigenvalue weighted by Gasteiger charge is 2.81. The molecule has 5 fully saturated rings. The highest BCUT2D eigenvalue weighted by atomic mass is 16.6. The molecule has 5 saturated heterocycles. The molecule has 0 aromatic carbocycles. The molecule has 9 heteroatoms. The van der Waals surface area contributed by atoms with Crippen molar-refractivity contribution in [2.24, 2.45) is 35.5 Å². The smallest absolute Gasteiger partial charge is 0.305 e. The fraction of sp³-hybridized carbons (Fsp3) is 0.953. The zero-order chi connectivity index (χ0) is 52.2. The van der Waals surface area contributed by atoms with E-state index in [2.05, 4.69) is 51.3 Å². The molecular formula is C64H116N2O7. The molecule has 8 atom stereocenters. The number of piperidine rings is 1. The minimum Gasteiger partial charge on any atom is -0.465 e. The Morgan fingerprint density at radius 2 is 0.986 bits per heavy atom. The number of hydrogen-bond acceptors (Lipinski definition) is 8. The van der Waals surface area contributed by atoms with Crippen LogP contribution < -0.4 is 0 Å². The Hall–Kier alpha value is -1.71. The lowest BCUT2D eigenvalue weighted by Gasteiger charge is -2.55. The molecule has 73 heavy (non-hydrogen) atoms. The molecule has 4 bridgehead atoms. The second-order valence-electron chi connectivity index (χ2n) is 24.6. The van der Waals surface area contributed by atoms with E-state index in [0.29, 0.717) is 32.4 Å². The zero-order valence-electron chi connectivity index (χ0n) is 48.7. The number of rotatable bonds is 46. The first-order valence-corrected chi connectivity index (χ1v) is 32.4. The van der Waals surface area contributed by atoms with Gasteiger partial charge in [0.05, 0.1) is 49.7 Å². The molecule has 1 amide bonds. The molecule has 0 N–H and O–H groups in total. The van der Waals surface area contributed by atoms with Crippen molar-refractivity contribution in [3.63, 3.8) is 0 Å². The molecule has 2 spiro atoms. The number of hydrogen-bond donors (Lipinski definition) is 0. The molecule has 0 aliphatic carbocycles. The van der Waals surface area contributed by atoms with E-state index < -0.39 is 11.2 Å². The number of amides is 1. The predicted molar refractivity (Wildman–Crippen MR) is 301 cm³/mol. The minimum atomic E-state index is -0.681. The van der Waals surface area contributed by atoms with Crippen molar-refractivity contribution >= 4 is 17.8 Å². The summed E-state index contributed by atoms with van der Waals surface area (Å²) in [6.45, 7) is 18.0. The highest BCUT2D eigenvalue weighted by molar-refractivity contribution is 5.77. The van der Waals surface area contributed by atoms with Crippen molar-refractivity contribution in [3.05, 3.63) is 0 Å². The fourth-order valence-corrected chi connectivity index (χ4v) is 15.0. The molecule has 0 saturated carbocycles. The zero-order valence-corrected chi connectivity index (χ0v) is 48.7. The molecule has 5 aliphatic rings. The number of carbonyl (C=O) groups excluding carboxylic acids is 3. The lowest BCUT2D eigenvalue weighted by molar-refractivity contribution is -0.182. The normalized spacial score (nSPS) is 25.7. The number of nitrogens with zero attached hydrogens (tertiary/aromatic N) is 2. The van der Waals surface area contributed by atoms with Crippen LogP contribution in [0.4, 0.5) is 0 Å². The topological polar surface area (TPSA) is 94.6 Å². The summed E-state index contributed by atoms with van der Waals surface area (Å²) in [5, 5.41) is 0. The van der Waals surface area contributed by atoms with Crippen LogP contribution in [0.25, 0.3) is 0 Å². The molecule has 0 radical (unpaired) electrons. The Bertz CT molecular complexity index is 1480. The van der Waals surface area contributed by atoms with Crippen LogP contribution in [0.1, 0.15) is 286 Å². The molecule has 5 heterocycles. The van der Waals surface area contributed by atoms with E-state index in [4.69, 9.17) is 18.9 Å². The van der Waals surface area contributed by atoms with Gasteiger partial charge in [0.1, 0.15) is 0 Å². The largest absolute Gasteiger partial charge is 0.465 e. The van der Waals surface area contributed by atoms with E-state index in [1.54, 1.807) is 0 Å². The molecule has 9 nitrogen and oxygen atoms in total. The summed E-state index contributed by atoms with van der Waals surface area (Å²) >= 11 is 0. The summed E-state index contributed by atoms with van der Waals surface area (Å²) in [6, 6.07) is 0. The first-order chi connectivity index (χ1) is 35.7. The lowest BCUT2D eigenvalue weighted by Crippen LogP contribution is -2.69. The van der Waals surface area contributed by atoms with Gasteiger partial charge in [0.2, 0.25) is 5.91 Å². The second kappa shape index (κ2) is 34.9. The van der Waals surface area contributed by atoms with Crippen LogP contribution in [0.2, 0.25) is 0 Å². The molecule has 5 rings (SSSR count). The van der Waals surface area contributed by atoms with Gasteiger partial charge < -0.3 is 28.7 Å². The Morgan fingerprint density at radius 3 is 1.45 bits per heavy atom. The van der Waals surface area contributed by atoms with Crippen molar-refractivity contribution in [2.45, 2.75) is 309 Å². The predicted octanol–water partition coefficient (Wildman–Crippen LogP) is 16.2. The molecule has 0 aromatic rings. The van der Waals surface area contributed by atoms with E-state index >= 15 is 0 Å². The number of ether oxygens (including phenoxy) is 4. The number of likely N-dealkylation sites (tertiary alicyclic amines) is 1. The summed E-state index contributed by atoms with van der Waals surface area (Å²) in [6.07, 6.45) is 45.2. The number of carbonyl (C=O) groups is 3. The third kappa shape index (κ3) is 19.3. The van der Waals surface area contributed by atoms with E-state index in [1.807, 2.05) is 0 Å². The van der Waals surface area contributed by atoms with Gasteiger partial charge in [-0.2, -0.15) is 0 Å². The average Bonchev–Trinajstić information content (AvgIpc) is 4.14. The minimum absolute atomic E-state index is 0.0921. The highest BCUT2D eigenvalue weighted by Crippen LogP contribution is 2.70. The summed E-state index contributed by atoms with van der Waals surface area (Å²) in [5.41, 5.74) is -1.11. The van der Waals surface area contributed by atoms with Crippen molar-refractivity contribution < 1.29 is 33.3 Å². The summed E-state index contributed by atoms with van der Waals surface area (Å²) in [4.78, 5) is 46.0. The van der Waals surface area contributed by atoms with Crippen molar-refractivity contribution in [3.8, 4) is 0 Å². The second-order valence-corrected chi connectivity index (χ2v) is 24.6. The maximum Gasteiger partial charge on any atom is 0.305 e. The van der Waals surface area contributed by atoms with Crippen molar-refractivity contribution in [1.82, 2.24) is 9.80 Å². The van der Waals surface area contributed by atoms with Gasteiger partial charge in [-0.1, -0.05) is 234 Å². The molecule has 0 aromatic heterocycles. The molecule has 5 aliphatic heterocycles. The number of esters is 2. The Kier molecular flexibility index (Phi) is 29.7. The number of unbranched alkanes of at least 4 members (excludes halogenated alkanes) is 20. The van der Waals surface area contributed by atoms with Crippen LogP contribution >= 0.6 is 0 Å². The van der Waals surface area contributed by atoms with E-state index in [9.17, 15) is 14.4 Å². The van der Waals surface area contributed by atoms with Crippen LogP contribution in [0.15, 0.2) is 0 Å². The first-order valence-electron chi connectivity index (χ1n) is 32.4. The third-order valence-corrected chi connectivity index (χ3v) is 19.2. The molecule has 424 valence electrons. The Balaban J connectivity index is 1.17. The quantitative estimate of drug-likeness (QED) is 0.0440. The maximum absolute atomic E-state index is 14.2. The number of fused-ring (bicyclic) bond motifs is 4. The van der Waals surface area contributed by atoms with Gasteiger partial charge in [0.25, 0.3) is 0 Å². The fourth-order valence-electron chi connectivity index (χ4n) is 15.0. The van der Waals surface area contributed by atoms with Crippen LogP contribution in [0.5, 0.6) is 0 Å². The van der Waals surface area contributed by atoms with Gasteiger partial charge in [-0.15, -0.1) is 0 Å². The van der Waals surface area contributed by atoms with Gasteiger partial charge in [-0.3, -0.25) is 14.4 Å². The summed E-state index contributed by atoms with van der Waals surface area (Å²) < 4.78 is 26.9. The first kappa shape index (κ1) is 62.1. The maximum atomic E-state index is 14.2. The molecule has 8 unspecified atom stereocenters. The van der Waals surface area contributed by atoms with Crippen LogP contribution in [-0.4, -0.2) is 97.0 Å². The monoisotopic (exact) mass is 1020 g/mol. The summed E-state index contributed by atoms with van der Waals surface area (Å²) in [7, 11) is 0. The lowest BCUT2D eigenvalue weighted by atomic mass is 9.53. The standard InChI is InChI=1S/C64H116N2O7/c1-7-13-17-21-27-36-52(37-28-22-18-14-8-2)40-31-25-33-43-58(68)70-48-54-55(49-71-59(69)44-34-26-32-41-53(38-29-23-19-15-9-3)39-30-24-20-16-10-4)64-51-66(57(67)42-35-47-65(11-5)12-6)50-63-46-45-56(72-63)60(62(63)64)61(54)73-64/h52-56,60-62H,7-51H2,1-6H3. The Labute approximate surface area is 449 Å². The van der Waals surface area contributed by atoms with Crippen LogP contribution in [0.3, 0.4) is 0 Å². The summed E-state index contributed by atoms with van der Waals surface area (Å²) in [5.74, 6) is 1.63. The van der Waals surface area contributed by atoms with Gasteiger partial charge in [0.15, 0.2) is 0 Å². The van der Waals surface area contributed by atoms with Crippen LogP contribution in [-0.2, 0) is 33.3 Å². The van der Waals surface area contributed by atoms with Crippen LogP contribution in [0, 0.1) is 35.5 Å². The Morgan fingerprint density at radius 1 is 0.534 bits per heavy atom. The third-order valence-electron chi connectivity index (χ3n) is 19.2. The molecular weight excluding hydrogens is 909 g/mol. The van der Waals surface area contributed by atoms with Gasteiger partial charge in [0, 0.05) is 42.9 Å². The van der Waals surface area contributed by atoms with Gasteiger partial charge >= 0.3 is 11.9 Å². The van der Waals surface area contributed by atoms with Gasteiger partial charge in [-0.25, -0.2) is 0 Å². The van der Waals surface area contributed by atoms with Crippen molar-refractivity contribution in [2.75, 3.05) is 45.9 Å². The van der Waals surface area contributed by atoms with E-state index in [0.717, 1.165) is 76.4 Å². The van der Waals surface area contributed by atoms with E-state index in [-0.39, 0.29) is 66.9 Å².